The molecule has 512 valence electrons. The van der Waals surface area contributed by atoms with Crippen molar-refractivity contribution in [3.63, 3.8) is 0 Å². The van der Waals surface area contributed by atoms with Crippen LogP contribution in [-0.2, 0) is 75.8 Å². The zero-order valence-corrected chi connectivity index (χ0v) is 46.0. The first kappa shape index (κ1) is 70.7. The van der Waals surface area contributed by atoms with Gasteiger partial charge in [0.2, 0.25) is 0 Å². The monoisotopic (exact) mass is 1300 g/mol. The summed E-state index contributed by atoms with van der Waals surface area (Å²) in [5, 5.41) is 265. The van der Waals surface area contributed by atoms with Crippen LogP contribution in [0, 0.1) is 0 Å². The average Bonchev–Trinajstić information content (AvgIpc) is 2.18. The van der Waals surface area contributed by atoms with E-state index in [1.807, 2.05) is 0 Å². The maximum atomic E-state index is 11.8. The number of ether oxygens (including phenoxy) is 16. The molecule has 40 atom stereocenters. The normalized spacial score (nSPS) is 55.2. The first-order valence-corrected chi connectivity index (χ1v) is 28.1. The maximum Gasteiger partial charge on any atom is 0.187 e. The molecule has 0 aromatic heterocycles. The molecule has 0 aromatic carbocycles. The van der Waals surface area contributed by atoms with Gasteiger partial charge in [0.25, 0.3) is 0 Å². The van der Waals surface area contributed by atoms with Gasteiger partial charge in [0.1, 0.15) is 195 Å². The Morgan fingerprint density at radius 1 is 0.182 bits per heavy atom. The standard InChI is InChI=1S/C48H80O40/c49-1-9-17(56)18(57)26(65)41(74-9)73-8-16-40-25(64)33(72)48(81-16)87-39-15(7-55)79-46(31(70)23(39)62)85-37-13(5-53)77-44(29(68)21(37)60)83-35-11(3-51)75-42(27(66)19(35)58)82-34-10(2-50)76-43(28(67)20(34)59)84-36-12(4-52)78-45(30(69)22(36)61)86-38-14(6-54)80-47(88-40)32(71)24(38)63/h9-72H,1-8H2/t9-,10+,11+,12+,13+,14+,15+,16+,17-,18+,19+,20+,21+,22+,23+,24+,25+,26-,27+,28+,29+,30+,31+,32+,33+,34+,35+,36+,37+,38+,39+,40+,41+,42+,43+,44+,45+,46+,47+,48+/m0/s1. The van der Waals surface area contributed by atoms with Crippen molar-refractivity contribution in [2.75, 3.05) is 52.9 Å². The number of aliphatic hydroxyl groups excluding tert-OH is 24. The Hall–Kier alpha value is -1.60. The van der Waals surface area contributed by atoms with Crippen molar-refractivity contribution in [1.29, 1.82) is 0 Å². The summed E-state index contributed by atoms with van der Waals surface area (Å²) in [7, 11) is 0. The van der Waals surface area contributed by atoms with E-state index in [2.05, 4.69) is 0 Å². The van der Waals surface area contributed by atoms with Crippen molar-refractivity contribution in [1.82, 2.24) is 0 Å². The second kappa shape index (κ2) is 30.0. The number of rotatable bonds is 10. The second-order valence-electron chi connectivity index (χ2n) is 22.5. The minimum Gasteiger partial charge on any atom is -0.394 e. The van der Waals surface area contributed by atoms with Gasteiger partial charge in [0.05, 0.1) is 52.9 Å². The Balaban J connectivity index is 1.02. The van der Waals surface area contributed by atoms with E-state index in [9.17, 15) is 123 Å². The molecule has 22 fully saturated rings. The summed E-state index contributed by atoms with van der Waals surface area (Å²) < 4.78 is 91.6. The Bertz CT molecular complexity index is 2130. The van der Waals surface area contributed by atoms with Crippen LogP contribution in [0.1, 0.15) is 0 Å². The molecule has 40 heteroatoms. The predicted octanol–water partition coefficient (Wildman–Crippen LogP) is -17.4. The van der Waals surface area contributed by atoms with Crippen molar-refractivity contribution in [3.8, 4) is 0 Å². The smallest absolute Gasteiger partial charge is 0.187 e. The lowest BCUT2D eigenvalue weighted by Crippen LogP contribution is -2.68. The topological polar surface area (TPSA) is 633 Å². The third-order valence-electron chi connectivity index (χ3n) is 16.9. The van der Waals surface area contributed by atoms with Gasteiger partial charge in [-0.2, -0.15) is 0 Å². The van der Waals surface area contributed by atoms with Crippen molar-refractivity contribution in [3.05, 3.63) is 0 Å². The summed E-state index contributed by atoms with van der Waals surface area (Å²) in [4.78, 5) is 0. The van der Waals surface area contributed by atoms with E-state index in [4.69, 9.17) is 75.8 Å². The maximum absolute atomic E-state index is 11.8. The van der Waals surface area contributed by atoms with Gasteiger partial charge in [-0.05, 0) is 0 Å². The van der Waals surface area contributed by atoms with Gasteiger partial charge in [0.15, 0.2) is 50.3 Å². The van der Waals surface area contributed by atoms with E-state index >= 15 is 0 Å². The summed E-state index contributed by atoms with van der Waals surface area (Å²) in [6.07, 6.45) is -82.6. The molecule has 22 saturated heterocycles. The highest BCUT2D eigenvalue weighted by Crippen LogP contribution is 2.39. The summed E-state index contributed by atoms with van der Waals surface area (Å²) >= 11 is 0. The van der Waals surface area contributed by atoms with Crippen LogP contribution in [0.25, 0.3) is 0 Å². The quantitative estimate of drug-likeness (QED) is 0.0966. The Labute approximate surface area is 496 Å². The van der Waals surface area contributed by atoms with Gasteiger partial charge in [0, 0.05) is 0 Å². The highest BCUT2D eigenvalue weighted by molar-refractivity contribution is 5.02. The number of aliphatic hydroxyl groups is 24. The molecule has 0 saturated carbocycles. The fourth-order valence-electron chi connectivity index (χ4n) is 11.8. The fraction of sp³-hybridized carbons (Fsp3) is 1.00. The van der Waals surface area contributed by atoms with Crippen LogP contribution in [0.4, 0.5) is 0 Å². The first-order valence-electron chi connectivity index (χ1n) is 28.1. The van der Waals surface area contributed by atoms with Crippen LogP contribution in [0.15, 0.2) is 0 Å². The zero-order valence-electron chi connectivity index (χ0n) is 46.0. The van der Waals surface area contributed by atoms with Crippen molar-refractivity contribution in [2.45, 2.75) is 246 Å². The molecular weight excluding hydrogens is 1220 g/mol. The highest BCUT2D eigenvalue weighted by Gasteiger charge is 2.60. The van der Waals surface area contributed by atoms with Crippen LogP contribution in [0.3, 0.4) is 0 Å². The van der Waals surface area contributed by atoms with Gasteiger partial charge in [-0.15, -0.1) is 0 Å². The Morgan fingerprint density at radius 3 is 0.580 bits per heavy atom. The molecule has 0 aliphatic carbocycles. The minimum atomic E-state index is -2.35. The van der Waals surface area contributed by atoms with Crippen LogP contribution in [0.5, 0.6) is 0 Å². The summed E-state index contributed by atoms with van der Waals surface area (Å²) in [5.41, 5.74) is 0. The van der Waals surface area contributed by atoms with Crippen LogP contribution >= 0.6 is 0 Å². The lowest BCUT2D eigenvalue weighted by molar-refractivity contribution is -0.399. The molecule has 40 nitrogen and oxygen atoms in total. The van der Waals surface area contributed by atoms with E-state index in [1.54, 1.807) is 0 Å². The third-order valence-corrected chi connectivity index (χ3v) is 16.9. The van der Waals surface area contributed by atoms with Gasteiger partial charge in [-0.25, -0.2) is 0 Å². The molecule has 14 bridgehead atoms. The minimum absolute atomic E-state index is 0.919. The van der Waals surface area contributed by atoms with E-state index in [-0.39, 0.29) is 0 Å². The van der Waals surface area contributed by atoms with Crippen molar-refractivity contribution >= 4 is 0 Å². The Kier molecular flexibility index (Phi) is 24.1. The second-order valence-corrected chi connectivity index (χ2v) is 22.5. The number of hydrogen-bond acceptors (Lipinski definition) is 40. The molecule has 22 aliphatic heterocycles. The summed E-state index contributed by atoms with van der Waals surface area (Å²) in [6.45, 7) is -8.51. The molecule has 0 aromatic rings. The molecule has 24 N–H and O–H groups in total. The fourth-order valence-corrected chi connectivity index (χ4v) is 11.8. The lowest BCUT2D eigenvalue weighted by Gasteiger charge is -2.50. The number of hydrogen-bond donors (Lipinski definition) is 24. The average molecular weight is 1300 g/mol. The predicted molar refractivity (Wildman–Crippen MR) is 261 cm³/mol. The largest absolute Gasteiger partial charge is 0.394 e. The molecule has 0 radical (unpaired) electrons. The third kappa shape index (κ3) is 13.9. The van der Waals surface area contributed by atoms with Gasteiger partial charge in [-0.1, -0.05) is 0 Å². The zero-order chi connectivity index (χ0) is 64.1. The van der Waals surface area contributed by atoms with E-state index in [0.29, 0.717) is 0 Å². The Morgan fingerprint density at radius 2 is 0.375 bits per heavy atom. The van der Waals surface area contributed by atoms with Crippen molar-refractivity contribution in [2.24, 2.45) is 0 Å². The van der Waals surface area contributed by atoms with Crippen LogP contribution in [0.2, 0.25) is 0 Å². The molecule has 0 unspecified atom stereocenters. The highest BCUT2D eigenvalue weighted by atomic mass is 16.8. The van der Waals surface area contributed by atoms with Gasteiger partial charge < -0.3 is 198 Å². The molecule has 88 heavy (non-hydrogen) atoms. The summed E-state index contributed by atoms with van der Waals surface area (Å²) in [5.74, 6) is 0. The van der Waals surface area contributed by atoms with Crippen LogP contribution in [-0.4, -0.2) is 421 Å². The van der Waals surface area contributed by atoms with Crippen molar-refractivity contribution < 1.29 is 198 Å². The van der Waals surface area contributed by atoms with E-state index in [1.165, 1.54) is 0 Å². The SMILES string of the molecule is OC[C@@H]1O[C@@H](OC[C@H]2O[C@@H]3O[C@H]4[C@H](O)[C@@H](O)[C@@H](O[C@H]5[C@H](O)[C@@H](O)[C@@H](O[C@H]6[C@H](O)[C@@H](O)[C@@H](O[C@H]7[C@H](O)[C@@H](O)[C@@H](O[C@H]8[C@H](O)[C@@H](O)[C@@H](O[C@H]9[C@H](O)[C@@H](O)[C@@H](O[C@H]2[C@H](O)[C@H]3O)O[C@@H]9CO)O[C@@H]8CO)O[C@@H]7CO)O[C@@H]6CO)O[C@@H]5CO)O[C@@H]4CO)[C@@H](O)[C@H](O)[C@H]1O. The van der Waals surface area contributed by atoms with Gasteiger partial charge >= 0.3 is 0 Å². The van der Waals surface area contributed by atoms with E-state index < -0.39 is 299 Å². The molecule has 22 heterocycles. The molecule has 0 spiro atoms. The van der Waals surface area contributed by atoms with E-state index in [0.717, 1.165) is 0 Å². The first-order chi connectivity index (χ1) is 41.9. The molecule has 0 amide bonds. The van der Waals surface area contributed by atoms with Gasteiger partial charge in [-0.3, -0.25) is 0 Å². The summed E-state index contributed by atoms with van der Waals surface area (Å²) in [6, 6.07) is 0. The molecule has 22 aliphatic rings. The molecule has 22 rings (SSSR count). The molecular formula is C48H80O40. The lowest BCUT2D eigenvalue weighted by atomic mass is 9.95. The van der Waals surface area contributed by atoms with Crippen LogP contribution < -0.4 is 0 Å².